The Kier molecular flexibility index (Phi) is 4.35. The van der Waals surface area contributed by atoms with E-state index in [9.17, 15) is 9.59 Å². The summed E-state index contributed by atoms with van der Waals surface area (Å²) in [5, 5.41) is 3.43. The number of halogens is 1. The largest absolute Gasteiger partial charge is 0.322 e. The summed E-state index contributed by atoms with van der Waals surface area (Å²) in [6, 6.07) is 14.4. The van der Waals surface area contributed by atoms with Crippen LogP contribution in [0, 0.1) is 0 Å². The van der Waals surface area contributed by atoms with E-state index in [2.05, 4.69) is 5.32 Å². The lowest BCUT2D eigenvalue weighted by Crippen LogP contribution is -2.30. The highest BCUT2D eigenvalue weighted by atomic mass is 35.5. The molecule has 23 heavy (non-hydrogen) atoms. The van der Waals surface area contributed by atoms with Crippen LogP contribution in [0.2, 0.25) is 5.02 Å². The number of nitrogens with one attached hydrogen (secondary N) is 1. The quantitative estimate of drug-likeness (QED) is 0.918. The number of carbonyl (C=O) groups excluding carboxylic acids is 2. The zero-order valence-corrected chi connectivity index (χ0v) is 13.5. The van der Waals surface area contributed by atoms with Gasteiger partial charge in [0, 0.05) is 34.9 Å². The molecular formula is C18H17ClN2O2. The standard InChI is InChI=1S/C18H17ClN2O2/c1-12(22)21(17-10-11-17)16-8-6-15(7-9-16)20-18(23)13-2-4-14(19)5-3-13/h2-9,17H,10-11H2,1H3,(H,20,23). The molecule has 5 heteroatoms. The Labute approximate surface area is 140 Å². The van der Waals surface area contributed by atoms with Crippen molar-refractivity contribution in [2.24, 2.45) is 0 Å². The summed E-state index contributed by atoms with van der Waals surface area (Å²) in [5.41, 5.74) is 2.10. The molecule has 0 radical (unpaired) electrons. The minimum atomic E-state index is -0.194. The average Bonchev–Trinajstić information content (AvgIpc) is 3.34. The predicted octanol–water partition coefficient (Wildman–Crippen LogP) is 4.11. The SMILES string of the molecule is CC(=O)N(c1ccc(NC(=O)c2ccc(Cl)cc2)cc1)C1CC1. The van der Waals surface area contributed by atoms with Gasteiger partial charge in [-0.15, -0.1) is 0 Å². The first kappa shape index (κ1) is 15.6. The van der Waals surface area contributed by atoms with E-state index in [1.165, 1.54) is 0 Å². The fourth-order valence-corrected chi connectivity index (χ4v) is 2.62. The second kappa shape index (κ2) is 6.42. The van der Waals surface area contributed by atoms with E-state index < -0.39 is 0 Å². The van der Waals surface area contributed by atoms with E-state index in [0.717, 1.165) is 18.5 Å². The molecule has 1 N–H and O–H groups in total. The van der Waals surface area contributed by atoms with Gasteiger partial charge in [0.25, 0.3) is 5.91 Å². The van der Waals surface area contributed by atoms with Gasteiger partial charge in [-0.1, -0.05) is 11.6 Å². The van der Waals surface area contributed by atoms with E-state index in [1.54, 1.807) is 31.2 Å². The number of rotatable bonds is 4. The Morgan fingerprint density at radius 2 is 1.65 bits per heavy atom. The minimum absolute atomic E-state index is 0.0467. The Morgan fingerprint density at radius 3 is 2.17 bits per heavy atom. The third kappa shape index (κ3) is 3.71. The van der Waals surface area contributed by atoms with E-state index in [-0.39, 0.29) is 11.8 Å². The average molecular weight is 329 g/mol. The number of hydrogen-bond acceptors (Lipinski definition) is 2. The van der Waals surface area contributed by atoms with Gasteiger partial charge in [-0.2, -0.15) is 0 Å². The monoisotopic (exact) mass is 328 g/mol. The van der Waals surface area contributed by atoms with Gasteiger partial charge >= 0.3 is 0 Å². The van der Waals surface area contributed by atoms with Crippen molar-refractivity contribution in [2.45, 2.75) is 25.8 Å². The molecule has 0 atom stereocenters. The predicted molar refractivity (Wildman–Crippen MR) is 92.0 cm³/mol. The molecule has 1 fully saturated rings. The molecule has 2 amide bonds. The molecule has 1 aliphatic carbocycles. The third-order valence-electron chi connectivity index (χ3n) is 3.76. The summed E-state index contributed by atoms with van der Waals surface area (Å²) in [7, 11) is 0. The van der Waals surface area contributed by atoms with E-state index in [0.29, 0.717) is 22.3 Å². The zero-order chi connectivity index (χ0) is 16.4. The molecule has 0 aliphatic heterocycles. The third-order valence-corrected chi connectivity index (χ3v) is 4.01. The molecule has 2 aromatic carbocycles. The molecule has 118 valence electrons. The van der Waals surface area contributed by atoms with E-state index in [1.807, 2.05) is 29.2 Å². The first-order valence-corrected chi connectivity index (χ1v) is 7.89. The number of hydrogen-bond donors (Lipinski definition) is 1. The smallest absolute Gasteiger partial charge is 0.255 e. The highest BCUT2D eigenvalue weighted by molar-refractivity contribution is 6.30. The number of amides is 2. The molecule has 0 spiro atoms. The van der Waals surface area contributed by atoms with Crippen molar-refractivity contribution in [3.63, 3.8) is 0 Å². The van der Waals surface area contributed by atoms with E-state index >= 15 is 0 Å². The molecule has 0 unspecified atom stereocenters. The van der Waals surface area contributed by atoms with Crippen LogP contribution in [-0.4, -0.2) is 17.9 Å². The van der Waals surface area contributed by atoms with Gasteiger partial charge in [0.15, 0.2) is 0 Å². The molecule has 3 rings (SSSR count). The lowest BCUT2D eigenvalue weighted by molar-refractivity contribution is -0.116. The Balaban J connectivity index is 1.71. The normalized spacial score (nSPS) is 13.5. The maximum atomic E-state index is 12.2. The molecule has 1 aliphatic rings. The van der Waals surface area contributed by atoms with Gasteiger partial charge in [0.2, 0.25) is 5.91 Å². The molecule has 1 saturated carbocycles. The Morgan fingerprint density at radius 1 is 1.04 bits per heavy atom. The summed E-state index contributed by atoms with van der Waals surface area (Å²) in [6.07, 6.45) is 2.10. The van der Waals surface area contributed by atoms with Gasteiger partial charge < -0.3 is 10.2 Å². The molecule has 2 aromatic rings. The van der Waals surface area contributed by atoms with Crippen LogP contribution < -0.4 is 10.2 Å². The molecule has 0 aromatic heterocycles. The summed E-state index contributed by atoms with van der Waals surface area (Å²) >= 11 is 5.82. The lowest BCUT2D eigenvalue weighted by Gasteiger charge is -2.21. The van der Waals surface area contributed by atoms with Crippen LogP contribution in [0.5, 0.6) is 0 Å². The van der Waals surface area contributed by atoms with Crippen molar-refractivity contribution in [3.8, 4) is 0 Å². The van der Waals surface area contributed by atoms with Crippen LogP contribution in [-0.2, 0) is 4.79 Å². The molecule has 0 bridgehead atoms. The van der Waals surface area contributed by atoms with Crippen LogP contribution in [0.3, 0.4) is 0 Å². The molecular weight excluding hydrogens is 312 g/mol. The van der Waals surface area contributed by atoms with E-state index in [4.69, 9.17) is 11.6 Å². The maximum Gasteiger partial charge on any atom is 0.255 e. The number of anilines is 2. The van der Waals surface area contributed by atoms with Crippen LogP contribution >= 0.6 is 11.6 Å². The summed E-state index contributed by atoms with van der Waals surface area (Å²) in [5.74, 6) is -0.148. The fraction of sp³-hybridized carbons (Fsp3) is 0.222. The van der Waals surface area contributed by atoms with Crippen LogP contribution in [0.15, 0.2) is 48.5 Å². The molecule has 0 saturated heterocycles. The highest BCUT2D eigenvalue weighted by Gasteiger charge is 2.31. The number of carbonyl (C=O) groups is 2. The molecule has 0 heterocycles. The van der Waals surface area contributed by atoms with Gasteiger partial charge in [-0.25, -0.2) is 0 Å². The maximum absolute atomic E-state index is 12.2. The van der Waals surface area contributed by atoms with Gasteiger partial charge in [0.05, 0.1) is 0 Å². The zero-order valence-electron chi connectivity index (χ0n) is 12.8. The van der Waals surface area contributed by atoms with Crippen LogP contribution in [0.1, 0.15) is 30.1 Å². The fourth-order valence-electron chi connectivity index (χ4n) is 2.49. The second-order valence-corrected chi connectivity index (χ2v) is 6.06. The van der Waals surface area contributed by atoms with Crippen molar-refractivity contribution >= 4 is 34.8 Å². The Hall–Kier alpha value is -2.33. The highest BCUT2D eigenvalue weighted by Crippen LogP contribution is 2.32. The molecule has 4 nitrogen and oxygen atoms in total. The van der Waals surface area contributed by atoms with Crippen molar-refractivity contribution in [1.82, 2.24) is 0 Å². The van der Waals surface area contributed by atoms with Gasteiger partial charge in [0.1, 0.15) is 0 Å². The van der Waals surface area contributed by atoms with Crippen molar-refractivity contribution in [3.05, 3.63) is 59.1 Å². The van der Waals surface area contributed by atoms with Gasteiger partial charge in [-0.3, -0.25) is 9.59 Å². The first-order valence-electron chi connectivity index (χ1n) is 7.51. The Bertz CT molecular complexity index is 722. The summed E-state index contributed by atoms with van der Waals surface area (Å²) in [6.45, 7) is 1.58. The van der Waals surface area contributed by atoms with Crippen LogP contribution in [0.4, 0.5) is 11.4 Å². The van der Waals surface area contributed by atoms with Crippen molar-refractivity contribution in [2.75, 3.05) is 10.2 Å². The first-order chi connectivity index (χ1) is 11.0. The number of benzene rings is 2. The van der Waals surface area contributed by atoms with Crippen molar-refractivity contribution < 1.29 is 9.59 Å². The van der Waals surface area contributed by atoms with Gasteiger partial charge in [-0.05, 0) is 61.4 Å². The minimum Gasteiger partial charge on any atom is -0.322 e. The lowest BCUT2D eigenvalue weighted by atomic mass is 10.2. The topological polar surface area (TPSA) is 49.4 Å². The van der Waals surface area contributed by atoms with Crippen LogP contribution in [0.25, 0.3) is 0 Å². The second-order valence-electron chi connectivity index (χ2n) is 5.63. The summed E-state index contributed by atoms with van der Waals surface area (Å²) < 4.78 is 0. The number of nitrogens with zero attached hydrogens (tertiary/aromatic N) is 1. The summed E-state index contributed by atoms with van der Waals surface area (Å²) in [4.78, 5) is 25.7. The van der Waals surface area contributed by atoms with Crippen molar-refractivity contribution in [1.29, 1.82) is 0 Å².